The summed E-state index contributed by atoms with van der Waals surface area (Å²) in [5.41, 5.74) is 7.74. The van der Waals surface area contributed by atoms with Crippen LogP contribution in [-0.4, -0.2) is 4.92 Å². The van der Waals surface area contributed by atoms with E-state index in [4.69, 9.17) is 17.3 Å². The maximum absolute atomic E-state index is 11.1. The summed E-state index contributed by atoms with van der Waals surface area (Å²) in [4.78, 5) is 10.7. The molecule has 0 spiro atoms. The molecular weight excluding hydrogens is 302 g/mol. The molecule has 0 heterocycles. The van der Waals surface area contributed by atoms with Crippen molar-refractivity contribution < 1.29 is 4.92 Å². The molecule has 0 amide bonds. The Balaban J connectivity index is 2.13. The Kier molecular flexibility index (Phi) is 3.56. The van der Waals surface area contributed by atoms with Crippen molar-refractivity contribution in [1.82, 2.24) is 0 Å². The van der Waals surface area contributed by atoms with Crippen LogP contribution >= 0.6 is 11.6 Å². The van der Waals surface area contributed by atoms with Crippen LogP contribution in [0, 0.1) is 10.1 Å². The number of nitro benzene ring substituents is 1. The second kappa shape index (κ2) is 5.54. The molecule has 6 heteroatoms. The van der Waals surface area contributed by atoms with Gasteiger partial charge in [-0.3, -0.25) is 10.1 Å². The highest BCUT2D eigenvalue weighted by molar-refractivity contribution is 6.31. The molecule has 0 aliphatic rings. The third-order valence-corrected chi connectivity index (χ3v) is 3.62. The second-order valence-corrected chi connectivity index (χ2v) is 5.23. The van der Waals surface area contributed by atoms with Crippen LogP contribution in [0.15, 0.2) is 54.6 Å². The van der Waals surface area contributed by atoms with Gasteiger partial charge in [0.25, 0.3) is 5.69 Å². The molecule has 3 aromatic carbocycles. The minimum Gasteiger partial charge on any atom is -0.398 e. The van der Waals surface area contributed by atoms with Crippen molar-refractivity contribution >= 4 is 45.1 Å². The molecule has 110 valence electrons. The van der Waals surface area contributed by atoms with Crippen molar-refractivity contribution in [3.63, 3.8) is 0 Å². The van der Waals surface area contributed by atoms with Crippen LogP contribution < -0.4 is 11.1 Å². The van der Waals surface area contributed by atoms with Crippen LogP contribution in [0.25, 0.3) is 10.8 Å². The van der Waals surface area contributed by atoms with Crippen LogP contribution in [0.1, 0.15) is 0 Å². The van der Waals surface area contributed by atoms with Gasteiger partial charge in [-0.1, -0.05) is 29.8 Å². The highest BCUT2D eigenvalue weighted by Gasteiger charge is 2.13. The SMILES string of the molecule is Nc1ccc(Nc2ccccc2[N+](=O)[O-])c2ccc(Cl)cc12. The maximum atomic E-state index is 11.1. The fourth-order valence-electron chi connectivity index (χ4n) is 2.34. The monoisotopic (exact) mass is 313 g/mol. The van der Waals surface area contributed by atoms with Gasteiger partial charge in [-0.2, -0.15) is 0 Å². The fourth-order valence-corrected chi connectivity index (χ4v) is 2.51. The Labute approximate surface area is 131 Å². The highest BCUT2D eigenvalue weighted by atomic mass is 35.5. The van der Waals surface area contributed by atoms with E-state index in [1.54, 1.807) is 42.5 Å². The minimum absolute atomic E-state index is 0.0152. The normalized spacial score (nSPS) is 10.6. The summed E-state index contributed by atoms with van der Waals surface area (Å²) in [5, 5.41) is 16.4. The van der Waals surface area contributed by atoms with Crippen molar-refractivity contribution in [3.8, 4) is 0 Å². The van der Waals surface area contributed by atoms with Crippen molar-refractivity contribution in [3.05, 3.63) is 69.7 Å². The van der Waals surface area contributed by atoms with Gasteiger partial charge < -0.3 is 11.1 Å². The molecule has 0 bridgehead atoms. The summed E-state index contributed by atoms with van der Waals surface area (Å²) < 4.78 is 0. The molecule has 0 aliphatic heterocycles. The molecule has 22 heavy (non-hydrogen) atoms. The fraction of sp³-hybridized carbons (Fsp3) is 0. The topological polar surface area (TPSA) is 81.2 Å². The molecule has 5 nitrogen and oxygen atoms in total. The average molecular weight is 314 g/mol. The molecular formula is C16H12ClN3O2. The van der Waals surface area contributed by atoms with Gasteiger partial charge in [0.05, 0.1) is 4.92 Å². The first-order valence-electron chi connectivity index (χ1n) is 6.54. The highest BCUT2D eigenvalue weighted by Crippen LogP contribution is 2.34. The van der Waals surface area contributed by atoms with Crippen LogP contribution in [0.3, 0.4) is 0 Å². The maximum Gasteiger partial charge on any atom is 0.292 e. The molecule has 0 aliphatic carbocycles. The lowest BCUT2D eigenvalue weighted by molar-refractivity contribution is -0.383. The number of nitro groups is 1. The number of halogens is 1. The van der Waals surface area contributed by atoms with Crippen LogP contribution in [0.4, 0.5) is 22.7 Å². The predicted molar refractivity (Wildman–Crippen MR) is 89.7 cm³/mol. The van der Waals surface area contributed by atoms with Crippen LogP contribution in [-0.2, 0) is 0 Å². The molecule has 0 aromatic heterocycles. The van der Waals surface area contributed by atoms with E-state index in [0.717, 1.165) is 16.5 Å². The molecule has 3 rings (SSSR count). The van der Waals surface area contributed by atoms with Gasteiger partial charge in [0.1, 0.15) is 5.69 Å². The number of para-hydroxylation sites is 2. The van der Waals surface area contributed by atoms with E-state index in [0.29, 0.717) is 16.4 Å². The minimum atomic E-state index is -0.418. The van der Waals surface area contributed by atoms with Gasteiger partial charge in [0, 0.05) is 33.2 Å². The van der Waals surface area contributed by atoms with Gasteiger partial charge in [0.2, 0.25) is 0 Å². The molecule has 3 N–H and O–H groups in total. The molecule has 0 unspecified atom stereocenters. The van der Waals surface area contributed by atoms with Crippen molar-refractivity contribution in [2.45, 2.75) is 0 Å². The summed E-state index contributed by atoms with van der Waals surface area (Å²) in [6.45, 7) is 0. The summed E-state index contributed by atoms with van der Waals surface area (Å²) >= 11 is 6.00. The Morgan fingerprint density at radius 2 is 1.77 bits per heavy atom. The molecule has 0 atom stereocenters. The standard InChI is InChI=1S/C16H12ClN3O2/c17-10-5-6-11-12(9-10)13(18)7-8-14(11)19-15-3-1-2-4-16(15)20(21)22/h1-9,19H,18H2. The summed E-state index contributed by atoms with van der Waals surface area (Å²) in [6.07, 6.45) is 0. The van der Waals surface area contributed by atoms with Crippen molar-refractivity contribution in [2.24, 2.45) is 0 Å². The molecule has 0 radical (unpaired) electrons. The number of benzene rings is 3. The Bertz CT molecular complexity index is 880. The average Bonchev–Trinajstić information content (AvgIpc) is 2.50. The van der Waals surface area contributed by atoms with Crippen molar-refractivity contribution in [2.75, 3.05) is 11.1 Å². The number of anilines is 3. The number of hydrogen-bond donors (Lipinski definition) is 2. The van der Waals surface area contributed by atoms with Gasteiger partial charge in [0.15, 0.2) is 0 Å². The Hall–Kier alpha value is -2.79. The van der Waals surface area contributed by atoms with E-state index in [1.807, 2.05) is 6.07 Å². The van der Waals surface area contributed by atoms with E-state index >= 15 is 0 Å². The number of rotatable bonds is 3. The van der Waals surface area contributed by atoms with Gasteiger partial charge in [-0.05, 0) is 30.3 Å². The summed E-state index contributed by atoms with van der Waals surface area (Å²) in [6, 6.07) is 15.4. The second-order valence-electron chi connectivity index (χ2n) is 4.79. The van der Waals surface area contributed by atoms with E-state index in [-0.39, 0.29) is 5.69 Å². The summed E-state index contributed by atoms with van der Waals surface area (Å²) in [5.74, 6) is 0. The quantitative estimate of drug-likeness (QED) is 0.416. The number of hydrogen-bond acceptors (Lipinski definition) is 4. The number of nitrogen functional groups attached to an aromatic ring is 1. The zero-order valence-electron chi connectivity index (χ0n) is 11.4. The lowest BCUT2D eigenvalue weighted by Gasteiger charge is -2.12. The number of fused-ring (bicyclic) bond motifs is 1. The third-order valence-electron chi connectivity index (χ3n) is 3.38. The Morgan fingerprint density at radius 1 is 1.00 bits per heavy atom. The van der Waals surface area contributed by atoms with E-state index in [2.05, 4.69) is 5.32 Å². The lowest BCUT2D eigenvalue weighted by Crippen LogP contribution is -1.98. The first-order chi connectivity index (χ1) is 10.6. The number of nitrogens with zero attached hydrogens (tertiary/aromatic N) is 1. The first-order valence-corrected chi connectivity index (χ1v) is 6.92. The largest absolute Gasteiger partial charge is 0.398 e. The number of nitrogens with two attached hydrogens (primary N) is 1. The number of nitrogens with one attached hydrogen (secondary N) is 1. The predicted octanol–water partition coefficient (Wildman–Crippen LogP) is 4.73. The van der Waals surface area contributed by atoms with E-state index in [9.17, 15) is 10.1 Å². The zero-order chi connectivity index (χ0) is 15.7. The Morgan fingerprint density at radius 3 is 2.55 bits per heavy atom. The van der Waals surface area contributed by atoms with E-state index < -0.39 is 4.92 Å². The van der Waals surface area contributed by atoms with Gasteiger partial charge >= 0.3 is 0 Å². The van der Waals surface area contributed by atoms with E-state index in [1.165, 1.54) is 6.07 Å². The molecule has 0 saturated heterocycles. The van der Waals surface area contributed by atoms with Crippen LogP contribution in [0.2, 0.25) is 5.02 Å². The lowest BCUT2D eigenvalue weighted by atomic mass is 10.1. The molecule has 0 fully saturated rings. The van der Waals surface area contributed by atoms with Gasteiger partial charge in [-0.15, -0.1) is 0 Å². The first kappa shape index (κ1) is 14.2. The van der Waals surface area contributed by atoms with Crippen molar-refractivity contribution in [1.29, 1.82) is 0 Å². The van der Waals surface area contributed by atoms with Crippen LogP contribution in [0.5, 0.6) is 0 Å². The smallest absolute Gasteiger partial charge is 0.292 e. The molecule has 3 aromatic rings. The third kappa shape index (κ3) is 2.54. The zero-order valence-corrected chi connectivity index (χ0v) is 12.2. The van der Waals surface area contributed by atoms with Gasteiger partial charge in [-0.25, -0.2) is 0 Å². The summed E-state index contributed by atoms with van der Waals surface area (Å²) in [7, 11) is 0. The molecule has 0 saturated carbocycles.